The Hall–Kier alpha value is -0.670. The molecule has 0 aromatic heterocycles. The number of quaternary nitrogens is 1. The highest BCUT2D eigenvalue weighted by atomic mass is 16.5. The van der Waals surface area contributed by atoms with E-state index in [4.69, 9.17) is 10.1 Å². The molecule has 0 rings (SSSR count). The fourth-order valence-electron chi connectivity index (χ4n) is 0.508. The van der Waals surface area contributed by atoms with Crippen molar-refractivity contribution in [1.29, 1.82) is 5.41 Å². The molecule has 3 nitrogen and oxygen atoms in total. The third kappa shape index (κ3) is 5.47. The summed E-state index contributed by atoms with van der Waals surface area (Å²) in [6.07, 6.45) is 4.33. The van der Waals surface area contributed by atoms with Crippen molar-refractivity contribution in [3.8, 4) is 0 Å². The molecule has 3 heteroatoms. The maximum Gasteiger partial charge on any atom is 0.0941 e. The van der Waals surface area contributed by atoms with Crippen molar-refractivity contribution in [2.45, 2.75) is 6.42 Å². The molecule has 3 N–H and O–H groups in total. The number of rotatable bonds is 5. The lowest BCUT2D eigenvalue weighted by Crippen LogP contribution is -2.72. The molecule has 0 saturated heterocycles. The minimum atomic E-state index is 0.611. The quantitative estimate of drug-likeness (QED) is 0.512. The molecule has 0 aliphatic rings. The van der Waals surface area contributed by atoms with E-state index < -0.39 is 0 Å². The van der Waals surface area contributed by atoms with Gasteiger partial charge in [-0.1, -0.05) is 0 Å². The molecule has 0 aromatic rings. The first-order valence-electron chi connectivity index (χ1n) is 3.33. The number of hydrogen-bond donors (Lipinski definition) is 2. The SMILES string of the molecule is C[NH2+]/C=C\C(=N)CCOC. The Bertz CT molecular complexity index is 121. The van der Waals surface area contributed by atoms with E-state index in [1.165, 1.54) is 0 Å². The Morgan fingerprint density at radius 3 is 2.90 bits per heavy atom. The van der Waals surface area contributed by atoms with Crippen molar-refractivity contribution < 1.29 is 10.1 Å². The van der Waals surface area contributed by atoms with Crippen molar-refractivity contribution in [3.05, 3.63) is 12.3 Å². The van der Waals surface area contributed by atoms with Crippen molar-refractivity contribution in [2.75, 3.05) is 20.8 Å². The van der Waals surface area contributed by atoms with Gasteiger partial charge in [-0.25, -0.2) is 0 Å². The van der Waals surface area contributed by atoms with E-state index in [1.54, 1.807) is 13.2 Å². The van der Waals surface area contributed by atoms with E-state index in [0.717, 1.165) is 0 Å². The van der Waals surface area contributed by atoms with Crippen molar-refractivity contribution in [1.82, 2.24) is 0 Å². The lowest BCUT2D eigenvalue weighted by Gasteiger charge is -1.94. The zero-order chi connectivity index (χ0) is 7.82. The summed E-state index contributed by atoms with van der Waals surface area (Å²) < 4.78 is 4.81. The summed E-state index contributed by atoms with van der Waals surface area (Å²) in [5.74, 6) is 0. The first-order valence-corrected chi connectivity index (χ1v) is 3.33. The minimum Gasteiger partial charge on any atom is -0.384 e. The summed E-state index contributed by atoms with van der Waals surface area (Å²) in [5.41, 5.74) is 0.611. The molecule has 0 heterocycles. The van der Waals surface area contributed by atoms with Crippen LogP contribution in [0.2, 0.25) is 0 Å². The van der Waals surface area contributed by atoms with E-state index in [1.807, 2.05) is 18.6 Å². The van der Waals surface area contributed by atoms with Crippen LogP contribution in [-0.2, 0) is 4.74 Å². The van der Waals surface area contributed by atoms with Gasteiger partial charge in [0.1, 0.15) is 0 Å². The van der Waals surface area contributed by atoms with Gasteiger partial charge < -0.3 is 15.5 Å². The average Bonchev–Trinajstić information content (AvgIpc) is 1.97. The molecular formula is C7H15N2O+. The van der Waals surface area contributed by atoms with Gasteiger partial charge in [-0.3, -0.25) is 0 Å². The molecule has 0 aliphatic heterocycles. The number of nitrogens with two attached hydrogens (primary N) is 1. The zero-order valence-corrected chi connectivity index (χ0v) is 6.55. The fraction of sp³-hybridized carbons (Fsp3) is 0.571. The van der Waals surface area contributed by atoms with Crippen LogP contribution in [0.15, 0.2) is 12.3 Å². The largest absolute Gasteiger partial charge is 0.384 e. The van der Waals surface area contributed by atoms with Gasteiger partial charge in [0, 0.05) is 25.3 Å². The Labute approximate surface area is 61.6 Å². The molecule has 0 amide bonds. The second-order valence-corrected chi connectivity index (χ2v) is 1.96. The first kappa shape index (κ1) is 9.33. The summed E-state index contributed by atoms with van der Waals surface area (Å²) in [4.78, 5) is 0. The molecule has 10 heavy (non-hydrogen) atoms. The predicted octanol–water partition coefficient (Wildman–Crippen LogP) is -0.250. The molecule has 0 aromatic carbocycles. The van der Waals surface area contributed by atoms with Gasteiger partial charge >= 0.3 is 0 Å². The van der Waals surface area contributed by atoms with E-state index in [0.29, 0.717) is 18.7 Å². The second-order valence-electron chi connectivity index (χ2n) is 1.96. The molecule has 0 aliphatic carbocycles. The van der Waals surface area contributed by atoms with Crippen LogP contribution >= 0.6 is 0 Å². The standard InChI is InChI=1S/C7H14N2O/c1-9-5-3-7(8)4-6-10-2/h3,5,8-9H,4,6H2,1-2H3/p+1/b5-3-,8-7?. The van der Waals surface area contributed by atoms with Crippen LogP contribution in [0.5, 0.6) is 0 Å². The summed E-state index contributed by atoms with van der Waals surface area (Å²) in [5, 5.41) is 9.21. The topological polar surface area (TPSA) is 49.7 Å². The lowest BCUT2D eigenvalue weighted by molar-refractivity contribution is -0.556. The lowest BCUT2D eigenvalue weighted by atomic mass is 10.3. The second kappa shape index (κ2) is 6.45. The molecule has 0 fully saturated rings. The van der Waals surface area contributed by atoms with Crippen LogP contribution in [0.25, 0.3) is 0 Å². The van der Waals surface area contributed by atoms with Gasteiger partial charge in [0.05, 0.1) is 19.9 Å². The maximum atomic E-state index is 7.31. The first-order chi connectivity index (χ1) is 4.81. The van der Waals surface area contributed by atoms with E-state index in [-0.39, 0.29) is 0 Å². The Balaban J connectivity index is 3.34. The molecule has 0 atom stereocenters. The molecule has 0 unspecified atom stereocenters. The monoisotopic (exact) mass is 143 g/mol. The van der Waals surface area contributed by atoms with Gasteiger partial charge in [0.2, 0.25) is 0 Å². The summed E-state index contributed by atoms with van der Waals surface area (Å²) in [6.45, 7) is 0.632. The zero-order valence-electron chi connectivity index (χ0n) is 6.55. The van der Waals surface area contributed by atoms with Gasteiger partial charge in [0.15, 0.2) is 0 Å². The number of methoxy groups -OCH3 is 1. The smallest absolute Gasteiger partial charge is 0.0941 e. The number of ether oxygens (including phenoxy) is 1. The molecule has 0 bridgehead atoms. The highest BCUT2D eigenvalue weighted by Gasteiger charge is 1.89. The minimum absolute atomic E-state index is 0.611. The Morgan fingerprint density at radius 2 is 2.40 bits per heavy atom. The fourth-order valence-corrected chi connectivity index (χ4v) is 0.508. The third-order valence-electron chi connectivity index (χ3n) is 1.07. The van der Waals surface area contributed by atoms with Crippen LogP contribution in [0.3, 0.4) is 0 Å². The summed E-state index contributed by atoms with van der Waals surface area (Å²) in [6, 6.07) is 0. The number of hydrogen-bond acceptors (Lipinski definition) is 2. The summed E-state index contributed by atoms with van der Waals surface area (Å²) in [7, 11) is 3.57. The van der Waals surface area contributed by atoms with Gasteiger partial charge in [-0.05, 0) is 0 Å². The Morgan fingerprint density at radius 1 is 1.70 bits per heavy atom. The molecular weight excluding hydrogens is 128 g/mol. The average molecular weight is 143 g/mol. The number of allylic oxidation sites excluding steroid dienone is 1. The van der Waals surface area contributed by atoms with Gasteiger partial charge in [0.25, 0.3) is 0 Å². The highest BCUT2D eigenvalue weighted by Crippen LogP contribution is 1.84. The van der Waals surface area contributed by atoms with Crippen LogP contribution in [-0.4, -0.2) is 26.5 Å². The van der Waals surface area contributed by atoms with Crippen molar-refractivity contribution in [3.63, 3.8) is 0 Å². The van der Waals surface area contributed by atoms with Crippen LogP contribution in [0.4, 0.5) is 0 Å². The molecule has 0 radical (unpaired) electrons. The number of nitrogens with one attached hydrogen (secondary N) is 1. The van der Waals surface area contributed by atoms with Crippen LogP contribution in [0, 0.1) is 5.41 Å². The maximum absolute atomic E-state index is 7.31. The molecule has 58 valence electrons. The van der Waals surface area contributed by atoms with E-state index in [9.17, 15) is 0 Å². The van der Waals surface area contributed by atoms with Crippen molar-refractivity contribution in [2.24, 2.45) is 0 Å². The van der Waals surface area contributed by atoms with Gasteiger partial charge in [-0.2, -0.15) is 0 Å². The summed E-state index contributed by atoms with van der Waals surface area (Å²) >= 11 is 0. The van der Waals surface area contributed by atoms with Crippen LogP contribution in [0.1, 0.15) is 6.42 Å². The van der Waals surface area contributed by atoms with Gasteiger partial charge in [-0.15, -0.1) is 0 Å². The molecule has 0 saturated carbocycles. The van der Waals surface area contributed by atoms with E-state index >= 15 is 0 Å². The third-order valence-corrected chi connectivity index (χ3v) is 1.07. The normalized spacial score (nSPS) is 10.6. The predicted molar refractivity (Wildman–Crippen MR) is 41.2 cm³/mol. The highest BCUT2D eigenvalue weighted by molar-refractivity contribution is 5.91. The van der Waals surface area contributed by atoms with E-state index in [2.05, 4.69) is 0 Å². The van der Waals surface area contributed by atoms with Crippen molar-refractivity contribution >= 4 is 5.71 Å². The Kier molecular flexibility index (Phi) is 6.02. The molecule has 0 spiro atoms. The van der Waals surface area contributed by atoms with Crippen LogP contribution < -0.4 is 5.32 Å².